The van der Waals surface area contributed by atoms with E-state index in [1.165, 1.54) is 12.1 Å². The number of hydrogen-bond donors (Lipinski definition) is 0. The molecule has 4 rings (SSSR count). The highest BCUT2D eigenvalue weighted by Crippen LogP contribution is 2.30. The first-order valence-corrected chi connectivity index (χ1v) is 9.11. The molecule has 0 fully saturated rings. The predicted molar refractivity (Wildman–Crippen MR) is 103 cm³/mol. The molecule has 0 saturated heterocycles. The fourth-order valence-corrected chi connectivity index (χ4v) is 3.21. The molecule has 1 aliphatic rings. The van der Waals surface area contributed by atoms with Crippen LogP contribution in [-0.2, 0) is 6.54 Å². The van der Waals surface area contributed by atoms with Gasteiger partial charge in [0.2, 0.25) is 0 Å². The van der Waals surface area contributed by atoms with Crippen LogP contribution in [-0.4, -0.2) is 35.6 Å². The number of alkyl halides is 2. The Balaban J connectivity index is 1.60. The lowest BCUT2D eigenvalue weighted by molar-refractivity contribution is -0.0498. The van der Waals surface area contributed by atoms with Crippen molar-refractivity contribution in [2.75, 3.05) is 13.2 Å². The molecular weight excluding hydrogens is 378 g/mol. The van der Waals surface area contributed by atoms with Crippen molar-refractivity contribution >= 4 is 5.91 Å². The quantitative estimate of drug-likeness (QED) is 0.642. The normalized spacial score (nSPS) is 13.6. The van der Waals surface area contributed by atoms with Gasteiger partial charge in [-0.2, -0.15) is 8.78 Å². The third-order valence-electron chi connectivity index (χ3n) is 4.61. The zero-order valence-electron chi connectivity index (χ0n) is 15.4. The standard InChI is InChI=1S/C22H18F2N2O3/c23-22(24)29-18-7-4-15(5-8-18)16-6-9-20-19(13-16)21(27)26(11-12-28-20)14-17-3-1-2-10-25-17/h1-10,13,22H,11-12,14H2. The van der Waals surface area contributed by atoms with Gasteiger partial charge in [0.05, 0.1) is 24.3 Å². The molecule has 0 bridgehead atoms. The molecule has 2 aromatic carbocycles. The molecule has 0 aliphatic carbocycles. The first-order valence-electron chi connectivity index (χ1n) is 9.11. The monoisotopic (exact) mass is 396 g/mol. The minimum absolute atomic E-state index is 0.0828. The average molecular weight is 396 g/mol. The van der Waals surface area contributed by atoms with Crippen LogP contribution in [0.2, 0.25) is 0 Å². The fourth-order valence-electron chi connectivity index (χ4n) is 3.21. The summed E-state index contributed by atoms with van der Waals surface area (Å²) in [4.78, 5) is 19.1. The summed E-state index contributed by atoms with van der Waals surface area (Å²) in [6.45, 7) is -1.62. The van der Waals surface area contributed by atoms with Crippen molar-refractivity contribution in [2.24, 2.45) is 0 Å². The van der Waals surface area contributed by atoms with E-state index in [-0.39, 0.29) is 11.7 Å². The van der Waals surface area contributed by atoms with Crippen LogP contribution in [0, 0.1) is 0 Å². The number of carbonyl (C=O) groups excluding carboxylic acids is 1. The molecule has 0 saturated carbocycles. The first-order chi connectivity index (χ1) is 14.1. The van der Waals surface area contributed by atoms with E-state index in [0.717, 1.165) is 16.8 Å². The summed E-state index contributed by atoms with van der Waals surface area (Å²) < 4.78 is 34.8. The number of pyridine rings is 1. The van der Waals surface area contributed by atoms with Crippen LogP contribution in [0.4, 0.5) is 8.78 Å². The van der Waals surface area contributed by atoms with Crippen molar-refractivity contribution in [3.63, 3.8) is 0 Å². The van der Waals surface area contributed by atoms with Crippen LogP contribution in [0.25, 0.3) is 11.1 Å². The number of nitrogens with zero attached hydrogens (tertiary/aromatic N) is 2. The van der Waals surface area contributed by atoms with E-state index in [0.29, 0.717) is 31.0 Å². The van der Waals surface area contributed by atoms with Gasteiger partial charge in [0.25, 0.3) is 5.91 Å². The topological polar surface area (TPSA) is 51.7 Å². The van der Waals surface area contributed by atoms with Gasteiger partial charge >= 0.3 is 6.61 Å². The molecule has 2 heterocycles. The number of hydrogen-bond acceptors (Lipinski definition) is 4. The summed E-state index contributed by atoms with van der Waals surface area (Å²) in [6.07, 6.45) is 1.70. The van der Waals surface area contributed by atoms with Gasteiger partial charge in [0.15, 0.2) is 0 Å². The summed E-state index contributed by atoms with van der Waals surface area (Å²) in [5.41, 5.74) is 2.82. The Kier molecular flexibility index (Phi) is 5.37. The van der Waals surface area contributed by atoms with E-state index >= 15 is 0 Å². The SMILES string of the molecule is O=C1c2cc(-c3ccc(OC(F)F)cc3)ccc2OCCN1Cc1ccccn1. The van der Waals surface area contributed by atoms with Crippen molar-refractivity contribution < 1.29 is 23.0 Å². The summed E-state index contributed by atoms with van der Waals surface area (Å²) >= 11 is 0. The smallest absolute Gasteiger partial charge is 0.387 e. The van der Waals surface area contributed by atoms with Gasteiger partial charge in [-0.25, -0.2) is 0 Å². The number of carbonyl (C=O) groups is 1. The molecule has 5 nitrogen and oxygen atoms in total. The van der Waals surface area contributed by atoms with Gasteiger partial charge in [-0.3, -0.25) is 9.78 Å². The van der Waals surface area contributed by atoms with Crippen LogP contribution in [0.5, 0.6) is 11.5 Å². The summed E-state index contributed by atoms with van der Waals surface area (Å²) in [6, 6.07) is 17.2. The number of aromatic nitrogens is 1. The number of amides is 1. The third-order valence-corrected chi connectivity index (χ3v) is 4.61. The van der Waals surface area contributed by atoms with Crippen LogP contribution >= 0.6 is 0 Å². The predicted octanol–water partition coefficient (Wildman–Crippen LogP) is 4.38. The Morgan fingerprint density at radius 3 is 2.59 bits per heavy atom. The maximum absolute atomic E-state index is 13.1. The van der Waals surface area contributed by atoms with E-state index in [9.17, 15) is 13.6 Å². The zero-order valence-corrected chi connectivity index (χ0v) is 15.4. The number of halogens is 2. The molecule has 1 aliphatic heterocycles. The lowest BCUT2D eigenvalue weighted by Crippen LogP contribution is -2.32. The van der Waals surface area contributed by atoms with E-state index in [1.807, 2.05) is 24.3 Å². The molecule has 0 radical (unpaired) electrons. The fraction of sp³-hybridized carbons (Fsp3) is 0.182. The second-order valence-electron chi connectivity index (χ2n) is 6.51. The minimum Gasteiger partial charge on any atom is -0.491 e. The van der Waals surface area contributed by atoms with Gasteiger partial charge in [0.1, 0.15) is 18.1 Å². The molecule has 148 valence electrons. The van der Waals surface area contributed by atoms with E-state index < -0.39 is 6.61 Å². The Morgan fingerprint density at radius 2 is 1.86 bits per heavy atom. The lowest BCUT2D eigenvalue weighted by atomic mass is 10.0. The highest BCUT2D eigenvalue weighted by atomic mass is 19.3. The van der Waals surface area contributed by atoms with Crippen molar-refractivity contribution in [1.82, 2.24) is 9.88 Å². The molecule has 0 N–H and O–H groups in total. The molecule has 29 heavy (non-hydrogen) atoms. The maximum Gasteiger partial charge on any atom is 0.387 e. The van der Waals surface area contributed by atoms with Crippen molar-refractivity contribution in [1.29, 1.82) is 0 Å². The Labute approximate surface area is 166 Å². The Hall–Kier alpha value is -3.48. The van der Waals surface area contributed by atoms with Gasteiger partial charge in [-0.05, 0) is 47.5 Å². The van der Waals surface area contributed by atoms with Gasteiger partial charge in [-0.1, -0.05) is 24.3 Å². The van der Waals surface area contributed by atoms with Crippen LogP contribution in [0.1, 0.15) is 16.1 Å². The lowest BCUT2D eigenvalue weighted by Gasteiger charge is -2.19. The number of benzene rings is 2. The van der Waals surface area contributed by atoms with Crippen molar-refractivity contribution in [3.05, 3.63) is 78.1 Å². The van der Waals surface area contributed by atoms with E-state index in [4.69, 9.17) is 4.74 Å². The summed E-state index contributed by atoms with van der Waals surface area (Å²) in [5, 5.41) is 0. The van der Waals surface area contributed by atoms with Crippen molar-refractivity contribution in [3.8, 4) is 22.6 Å². The molecule has 3 aromatic rings. The molecule has 0 spiro atoms. The van der Waals surface area contributed by atoms with Gasteiger partial charge in [-0.15, -0.1) is 0 Å². The molecule has 1 amide bonds. The summed E-state index contributed by atoms with van der Waals surface area (Å²) in [7, 11) is 0. The van der Waals surface area contributed by atoms with Crippen LogP contribution in [0.3, 0.4) is 0 Å². The number of rotatable bonds is 5. The van der Waals surface area contributed by atoms with E-state index in [1.54, 1.807) is 35.4 Å². The number of fused-ring (bicyclic) bond motifs is 1. The largest absolute Gasteiger partial charge is 0.491 e. The zero-order chi connectivity index (χ0) is 20.2. The minimum atomic E-state index is -2.87. The van der Waals surface area contributed by atoms with E-state index in [2.05, 4.69) is 9.72 Å². The second kappa shape index (κ2) is 8.26. The highest BCUT2D eigenvalue weighted by Gasteiger charge is 2.24. The highest BCUT2D eigenvalue weighted by molar-refractivity contribution is 5.98. The first kappa shape index (κ1) is 18.9. The molecule has 1 aromatic heterocycles. The Bertz CT molecular complexity index is 995. The average Bonchev–Trinajstić information content (AvgIpc) is 2.88. The number of ether oxygens (including phenoxy) is 2. The molecular formula is C22H18F2N2O3. The van der Waals surface area contributed by atoms with Crippen LogP contribution in [0.15, 0.2) is 66.9 Å². The van der Waals surface area contributed by atoms with Crippen molar-refractivity contribution in [2.45, 2.75) is 13.2 Å². The Morgan fingerprint density at radius 1 is 1.07 bits per heavy atom. The molecule has 0 unspecified atom stereocenters. The molecule has 0 atom stereocenters. The third kappa shape index (κ3) is 4.34. The van der Waals surface area contributed by atoms with Crippen LogP contribution < -0.4 is 9.47 Å². The second-order valence-corrected chi connectivity index (χ2v) is 6.51. The van der Waals surface area contributed by atoms with Gasteiger partial charge < -0.3 is 14.4 Å². The maximum atomic E-state index is 13.1. The summed E-state index contributed by atoms with van der Waals surface area (Å²) in [5.74, 6) is 0.474. The molecule has 7 heteroatoms. The van der Waals surface area contributed by atoms with Gasteiger partial charge in [0, 0.05) is 6.20 Å².